The number of amides is 2. The first kappa shape index (κ1) is 28.8. The van der Waals surface area contributed by atoms with Gasteiger partial charge in [0.15, 0.2) is 0 Å². The molecule has 3 heterocycles. The van der Waals surface area contributed by atoms with Gasteiger partial charge in [-0.25, -0.2) is 14.8 Å². The maximum absolute atomic E-state index is 12.9. The van der Waals surface area contributed by atoms with E-state index in [1.165, 1.54) is 6.33 Å². The molecule has 3 N–H and O–H groups in total. The Kier molecular flexibility index (Phi) is 8.88. The van der Waals surface area contributed by atoms with E-state index in [-0.39, 0.29) is 18.4 Å². The van der Waals surface area contributed by atoms with Gasteiger partial charge in [0.2, 0.25) is 0 Å². The minimum atomic E-state index is -0.790. The maximum atomic E-state index is 12.9. The molecule has 0 unspecified atom stereocenters. The van der Waals surface area contributed by atoms with Crippen LogP contribution in [-0.2, 0) is 20.9 Å². The average molecular weight is 552 g/mol. The molecule has 1 aromatic carbocycles. The molecule has 12 nitrogen and oxygen atoms in total. The van der Waals surface area contributed by atoms with E-state index < -0.39 is 11.6 Å². The van der Waals surface area contributed by atoms with Crippen molar-refractivity contribution in [2.24, 2.45) is 0 Å². The zero-order valence-electron chi connectivity index (χ0n) is 23.4. The van der Waals surface area contributed by atoms with Crippen molar-refractivity contribution in [3.63, 3.8) is 0 Å². The number of anilines is 3. The first-order valence-electron chi connectivity index (χ1n) is 13.4. The summed E-state index contributed by atoms with van der Waals surface area (Å²) in [5.41, 5.74) is 2.37. The number of aliphatic carboxylic acids is 1. The lowest BCUT2D eigenvalue weighted by Gasteiger charge is -2.36. The molecular weight excluding hydrogens is 514 g/mol. The van der Waals surface area contributed by atoms with Crippen molar-refractivity contribution in [3.05, 3.63) is 47.9 Å². The van der Waals surface area contributed by atoms with Gasteiger partial charge in [-0.3, -0.25) is 9.59 Å². The van der Waals surface area contributed by atoms with E-state index in [2.05, 4.69) is 30.4 Å². The fourth-order valence-corrected chi connectivity index (χ4v) is 4.62. The lowest BCUT2D eigenvalue weighted by Crippen LogP contribution is -2.50. The second-order valence-electron chi connectivity index (χ2n) is 11.0. The van der Waals surface area contributed by atoms with Gasteiger partial charge < -0.3 is 35.2 Å². The molecule has 0 spiro atoms. The van der Waals surface area contributed by atoms with Gasteiger partial charge in [0, 0.05) is 51.0 Å². The Morgan fingerprint density at radius 1 is 1.20 bits per heavy atom. The fraction of sp³-hybridized carbons (Fsp3) is 0.464. The van der Waals surface area contributed by atoms with Crippen molar-refractivity contribution in [2.75, 3.05) is 55.3 Å². The third kappa shape index (κ3) is 7.47. The monoisotopic (exact) mass is 551 g/mol. The summed E-state index contributed by atoms with van der Waals surface area (Å²) in [5.74, 6) is 0.0269. The van der Waals surface area contributed by atoms with Crippen LogP contribution < -0.4 is 15.5 Å². The molecule has 0 aliphatic carbocycles. The lowest BCUT2D eigenvalue weighted by molar-refractivity contribution is -0.137. The molecule has 12 heteroatoms. The Labute approximate surface area is 234 Å². The van der Waals surface area contributed by atoms with Gasteiger partial charge in [0.25, 0.3) is 5.91 Å². The van der Waals surface area contributed by atoms with E-state index in [1.54, 1.807) is 11.1 Å². The van der Waals surface area contributed by atoms with Crippen LogP contribution >= 0.6 is 0 Å². The topological polar surface area (TPSA) is 140 Å². The largest absolute Gasteiger partial charge is 0.481 e. The standard InChI is InChI=1S/C28H37N7O5/c1-28(2,3)40-27(39)35-13-11-34(12-14-35)25-23-21(26(38)32-24(23)30-18-31-25)16-29-20-8-5-7-19(15-20)17-33(4)10-6-9-22(36)37/h5,7-8,15-16,18,29H,6,9-14,17H2,1-4H3,(H,36,37)(H,30,31,32,38)/b21-16-. The molecule has 2 amide bonds. The highest BCUT2D eigenvalue weighted by Gasteiger charge is 2.33. The van der Waals surface area contributed by atoms with Crippen molar-refractivity contribution in [2.45, 2.75) is 45.8 Å². The van der Waals surface area contributed by atoms with Crippen molar-refractivity contribution >= 4 is 40.9 Å². The number of carboxylic acids is 1. The number of hydrogen-bond acceptors (Lipinski definition) is 9. The fourth-order valence-electron chi connectivity index (χ4n) is 4.62. The van der Waals surface area contributed by atoms with Crippen LogP contribution in [0.2, 0.25) is 0 Å². The van der Waals surface area contributed by atoms with Crippen molar-refractivity contribution < 1.29 is 24.2 Å². The number of fused-ring (bicyclic) bond motifs is 1. The first-order valence-corrected chi connectivity index (χ1v) is 13.4. The lowest BCUT2D eigenvalue weighted by atomic mass is 10.1. The molecule has 0 saturated carbocycles. The molecule has 0 radical (unpaired) electrons. The van der Waals surface area contributed by atoms with Crippen LogP contribution in [0.25, 0.3) is 5.57 Å². The molecule has 4 rings (SSSR count). The average Bonchev–Trinajstić information content (AvgIpc) is 3.21. The highest BCUT2D eigenvalue weighted by molar-refractivity contribution is 6.32. The predicted octanol–water partition coefficient (Wildman–Crippen LogP) is 3.24. The second-order valence-corrected chi connectivity index (χ2v) is 11.0. The minimum absolute atomic E-state index is 0.147. The summed E-state index contributed by atoms with van der Waals surface area (Å²) in [4.78, 5) is 50.7. The van der Waals surface area contributed by atoms with Gasteiger partial charge in [-0.2, -0.15) is 0 Å². The van der Waals surface area contributed by atoms with Gasteiger partial charge >= 0.3 is 12.1 Å². The summed E-state index contributed by atoms with van der Waals surface area (Å²) in [7, 11) is 1.96. The Balaban J connectivity index is 1.44. The van der Waals surface area contributed by atoms with Crippen LogP contribution in [-0.4, -0.2) is 88.2 Å². The van der Waals surface area contributed by atoms with E-state index >= 15 is 0 Å². The summed E-state index contributed by atoms with van der Waals surface area (Å²) < 4.78 is 5.50. The van der Waals surface area contributed by atoms with Crippen LogP contribution in [0.5, 0.6) is 0 Å². The van der Waals surface area contributed by atoms with Gasteiger partial charge in [-0.15, -0.1) is 0 Å². The van der Waals surface area contributed by atoms with E-state index in [0.29, 0.717) is 68.5 Å². The van der Waals surface area contributed by atoms with Gasteiger partial charge in [-0.1, -0.05) is 12.1 Å². The van der Waals surface area contributed by atoms with Crippen molar-refractivity contribution in [1.29, 1.82) is 0 Å². The molecular formula is C28H37N7O5. The van der Waals surface area contributed by atoms with Crippen LogP contribution in [0.3, 0.4) is 0 Å². The Bertz CT molecular complexity index is 1280. The molecule has 1 fully saturated rings. The van der Waals surface area contributed by atoms with E-state index in [0.717, 1.165) is 11.3 Å². The van der Waals surface area contributed by atoms with Crippen LogP contribution in [0.1, 0.15) is 44.7 Å². The number of nitrogens with zero attached hydrogens (tertiary/aromatic N) is 5. The molecule has 0 atom stereocenters. The van der Waals surface area contributed by atoms with Gasteiger partial charge in [0.05, 0.1) is 11.1 Å². The van der Waals surface area contributed by atoms with Crippen LogP contribution in [0, 0.1) is 0 Å². The van der Waals surface area contributed by atoms with Gasteiger partial charge in [0.1, 0.15) is 23.6 Å². The zero-order chi connectivity index (χ0) is 28.9. The number of hydrogen-bond donors (Lipinski definition) is 3. The minimum Gasteiger partial charge on any atom is -0.481 e. The smallest absolute Gasteiger partial charge is 0.410 e. The molecule has 2 aliphatic heterocycles. The van der Waals surface area contributed by atoms with E-state index in [9.17, 15) is 14.4 Å². The Hall–Kier alpha value is -4.19. The number of piperazine rings is 1. The summed E-state index contributed by atoms with van der Waals surface area (Å²) in [6.07, 6.45) is 3.50. The third-order valence-electron chi connectivity index (χ3n) is 6.50. The molecule has 1 saturated heterocycles. The zero-order valence-corrected chi connectivity index (χ0v) is 23.4. The summed E-state index contributed by atoms with van der Waals surface area (Å²) in [5, 5.41) is 14.9. The molecule has 0 bridgehead atoms. The molecule has 214 valence electrons. The highest BCUT2D eigenvalue weighted by Crippen LogP contribution is 2.36. The maximum Gasteiger partial charge on any atom is 0.410 e. The van der Waals surface area contributed by atoms with E-state index in [1.807, 2.05) is 52.1 Å². The number of benzene rings is 1. The SMILES string of the molecule is CN(CCCC(=O)O)Cc1cccc(N/C=C2\C(=O)Nc3ncnc(N4CCN(C(=O)OC(C)(C)C)CC4)c32)c1. The number of nitrogens with one attached hydrogen (secondary N) is 2. The quantitative estimate of drug-likeness (QED) is 0.398. The number of carboxylic acid groups (broad SMARTS) is 1. The van der Waals surface area contributed by atoms with Crippen LogP contribution in [0.15, 0.2) is 36.8 Å². The Morgan fingerprint density at radius 2 is 1.95 bits per heavy atom. The second kappa shape index (κ2) is 12.3. The summed E-state index contributed by atoms with van der Waals surface area (Å²) in [6.45, 7) is 8.92. The molecule has 2 aliphatic rings. The summed E-state index contributed by atoms with van der Waals surface area (Å²) in [6, 6.07) is 7.85. The third-order valence-corrected chi connectivity index (χ3v) is 6.50. The molecule has 40 heavy (non-hydrogen) atoms. The van der Waals surface area contributed by atoms with Crippen LogP contribution in [0.4, 0.5) is 22.1 Å². The summed E-state index contributed by atoms with van der Waals surface area (Å²) >= 11 is 0. The molecule has 1 aromatic heterocycles. The number of ether oxygens (including phenoxy) is 1. The predicted molar refractivity (Wildman–Crippen MR) is 152 cm³/mol. The van der Waals surface area contributed by atoms with Crippen molar-refractivity contribution in [3.8, 4) is 0 Å². The number of aromatic nitrogens is 2. The normalized spacial score (nSPS) is 16.2. The van der Waals surface area contributed by atoms with Gasteiger partial charge in [-0.05, 0) is 58.5 Å². The van der Waals surface area contributed by atoms with E-state index in [4.69, 9.17) is 9.84 Å². The highest BCUT2D eigenvalue weighted by atomic mass is 16.6. The van der Waals surface area contributed by atoms with Crippen molar-refractivity contribution in [1.82, 2.24) is 19.8 Å². The number of carbonyl (C=O) groups is 3. The molecule has 2 aromatic rings. The first-order chi connectivity index (χ1) is 19.0. The number of rotatable bonds is 9. The number of carbonyl (C=O) groups excluding carboxylic acids is 2. The Morgan fingerprint density at radius 3 is 2.65 bits per heavy atom.